The molecule has 0 unspecified atom stereocenters. The first-order valence-electron chi connectivity index (χ1n) is 9.10. The molecule has 3 rings (SSSR count). The Balaban J connectivity index is 1.50. The summed E-state index contributed by atoms with van der Waals surface area (Å²) in [7, 11) is 1.58. The minimum Gasteiger partial charge on any atom is -0.489 e. The number of benzene rings is 1. The maximum Gasteiger partial charge on any atom is 0.251 e. The number of likely N-dealkylation sites (tertiary alicyclic amines) is 1. The van der Waals surface area contributed by atoms with Gasteiger partial charge in [-0.15, -0.1) is 0 Å². The number of carbonyl (C=O) groups excluding carboxylic acids is 2. The SMILES string of the molecule is COCCNC(=O)c1ccc(OC2CCN(C(=O)C3CC3)CC2)c(Cl)c1. The maximum absolute atomic E-state index is 12.1. The molecule has 0 spiro atoms. The second kappa shape index (κ2) is 8.73. The number of rotatable bonds is 7. The van der Waals surface area contributed by atoms with Gasteiger partial charge in [-0.05, 0) is 31.0 Å². The van der Waals surface area contributed by atoms with Gasteiger partial charge in [0, 0.05) is 51.1 Å². The minimum atomic E-state index is -0.192. The van der Waals surface area contributed by atoms with Gasteiger partial charge in [0.2, 0.25) is 5.91 Å². The molecule has 1 aliphatic heterocycles. The van der Waals surface area contributed by atoms with E-state index in [0.29, 0.717) is 35.4 Å². The molecule has 0 aromatic heterocycles. The summed E-state index contributed by atoms with van der Waals surface area (Å²) in [5.41, 5.74) is 0.489. The van der Waals surface area contributed by atoms with Crippen LogP contribution in [0, 0.1) is 5.92 Å². The van der Waals surface area contributed by atoms with Crippen LogP contribution in [0.3, 0.4) is 0 Å². The van der Waals surface area contributed by atoms with E-state index in [4.69, 9.17) is 21.1 Å². The van der Waals surface area contributed by atoms with Crippen molar-refractivity contribution >= 4 is 23.4 Å². The number of halogens is 1. The number of nitrogens with zero attached hydrogens (tertiary/aromatic N) is 1. The highest BCUT2D eigenvalue weighted by molar-refractivity contribution is 6.32. The van der Waals surface area contributed by atoms with E-state index in [2.05, 4.69) is 5.32 Å². The summed E-state index contributed by atoms with van der Waals surface area (Å²) >= 11 is 6.29. The number of hydrogen-bond donors (Lipinski definition) is 1. The molecule has 142 valence electrons. The number of carbonyl (C=O) groups is 2. The van der Waals surface area contributed by atoms with E-state index < -0.39 is 0 Å². The summed E-state index contributed by atoms with van der Waals surface area (Å²) < 4.78 is 10.9. The molecule has 1 heterocycles. The maximum atomic E-state index is 12.1. The first-order chi connectivity index (χ1) is 12.6. The molecule has 26 heavy (non-hydrogen) atoms. The smallest absolute Gasteiger partial charge is 0.251 e. The molecule has 1 N–H and O–H groups in total. The number of piperidine rings is 1. The molecule has 0 bridgehead atoms. The lowest BCUT2D eigenvalue weighted by molar-refractivity contribution is -0.134. The van der Waals surface area contributed by atoms with E-state index in [-0.39, 0.29) is 17.9 Å². The third kappa shape index (κ3) is 4.89. The topological polar surface area (TPSA) is 67.9 Å². The Morgan fingerprint density at radius 2 is 1.96 bits per heavy atom. The molecule has 1 aliphatic carbocycles. The lowest BCUT2D eigenvalue weighted by Gasteiger charge is -2.32. The van der Waals surface area contributed by atoms with Crippen LogP contribution >= 0.6 is 11.6 Å². The summed E-state index contributed by atoms with van der Waals surface area (Å²) in [5.74, 6) is 0.948. The number of hydrogen-bond acceptors (Lipinski definition) is 4. The van der Waals surface area contributed by atoms with Gasteiger partial charge >= 0.3 is 0 Å². The molecular formula is C19H25ClN2O4. The number of methoxy groups -OCH3 is 1. The minimum absolute atomic E-state index is 0.0390. The van der Waals surface area contributed by atoms with Gasteiger partial charge in [-0.3, -0.25) is 9.59 Å². The molecule has 0 atom stereocenters. The Morgan fingerprint density at radius 3 is 2.58 bits per heavy atom. The first-order valence-corrected chi connectivity index (χ1v) is 9.48. The Labute approximate surface area is 158 Å². The third-order valence-corrected chi connectivity index (χ3v) is 5.06. The van der Waals surface area contributed by atoms with Crippen LogP contribution in [-0.4, -0.2) is 56.2 Å². The molecule has 1 saturated carbocycles. The molecule has 2 aliphatic rings. The molecule has 7 heteroatoms. The van der Waals surface area contributed by atoms with Crippen molar-refractivity contribution in [2.24, 2.45) is 5.92 Å². The molecule has 1 aromatic carbocycles. The van der Waals surface area contributed by atoms with E-state index in [9.17, 15) is 9.59 Å². The average molecular weight is 381 g/mol. The van der Waals surface area contributed by atoms with Gasteiger partial charge in [-0.2, -0.15) is 0 Å². The molecule has 2 amide bonds. The molecular weight excluding hydrogens is 356 g/mol. The van der Waals surface area contributed by atoms with Gasteiger partial charge in [0.1, 0.15) is 11.9 Å². The number of amides is 2. The van der Waals surface area contributed by atoms with E-state index in [1.54, 1.807) is 25.3 Å². The highest BCUT2D eigenvalue weighted by Gasteiger charge is 2.35. The standard InChI is InChI=1S/C19H25ClN2O4/c1-25-11-8-21-18(23)14-4-5-17(16(20)12-14)26-15-6-9-22(10-7-15)19(24)13-2-3-13/h4-5,12-13,15H,2-3,6-11H2,1H3,(H,21,23). The molecule has 1 aromatic rings. The van der Waals surface area contributed by atoms with Crippen molar-refractivity contribution in [1.82, 2.24) is 10.2 Å². The Hall–Kier alpha value is -1.79. The third-order valence-electron chi connectivity index (χ3n) is 4.76. The number of ether oxygens (including phenoxy) is 2. The van der Waals surface area contributed by atoms with Crippen molar-refractivity contribution in [1.29, 1.82) is 0 Å². The molecule has 6 nitrogen and oxygen atoms in total. The summed E-state index contributed by atoms with van der Waals surface area (Å²) in [6.45, 7) is 2.38. The zero-order valence-corrected chi connectivity index (χ0v) is 15.8. The fourth-order valence-electron chi connectivity index (χ4n) is 3.07. The first kappa shape index (κ1) is 19.0. The normalized spacial score (nSPS) is 17.8. The van der Waals surface area contributed by atoms with Crippen LogP contribution in [0.4, 0.5) is 0 Å². The van der Waals surface area contributed by atoms with Crippen molar-refractivity contribution in [3.8, 4) is 5.75 Å². The van der Waals surface area contributed by atoms with Crippen LogP contribution in [0.5, 0.6) is 5.75 Å². The van der Waals surface area contributed by atoms with Gasteiger partial charge in [0.15, 0.2) is 0 Å². The van der Waals surface area contributed by atoms with Crippen molar-refractivity contribution in [2.45, 2.75) is 31.8 Å². The average Bonchev–Trinajstić information content (AvgIpc) is 3.49. The number of nitrogens with one attached hydrogen (secondary N) is 1. The van der Waals surface area contributed by atoms with E-state index in [1.807, 2.05) is 4.90 Å². The highest BCUT2D eigenvalue weighted by Crippen LogP contribution is 2.33. The Kier molecular flexibility index (Phi) is 6.38. The van der Waals surface area contributed by atoms with Crippen molar-refractivity contribution in [3.63, 3.8) is 0 Å². The molecule has 1 saturated heterocycles. The summed E-state index contributed by atoms with van der Waals surface area (Å²) in [4.78, 5) is 26.1. The summed E-state index contributed by atoms with van der Waals surface area (Å²) in [6, 6.07) is 5.05. The zero-order chi connectivity index (χ0) is 18.5. The summed E-state index contributed by atoms with van der Waals surface area (Å²) in [5, 5.41) is 3.17. The van der Waals surface area contributed by atoms with Gasteiger partial charge in [-0.1, -0.05) is 11.6 Å². The largest absolute Gasteiger partial charge is 0.489 e. The predicted molar refractivity (Wildman–Crippen MR) is 98.6 cm³/mol. The van der Waals surface area contributed by atoms with E-state index >= 15 is 0 Å². The monoisotopic (exact) mass is 380 g/mol. The van der Waals surface area contributed by atoms with Gasteiger partial charge < -0.3 is 19.7 Å². The second-order valence-electron chi connectivity index (χ2n) is 6.81. The lowest BCUT2D eigenvalue weighted by Crippen LogP contribution is -2.42. The molecule has 2 fully saturated rings. The molecule has 0 radical (unpaired) electrons. The van der Waals surface area contributed by atoms with Crippen LogP contribution in [0.2, 0.25) is 5.02 Å². The van der Waals surface area contributed by atoms with Crippen molar-refractivity contribution in [3.05, 3.63) is 28.8 Å². The van der Waals surface area contributed by atoms with Crippen LogP contribution in [0.15, 0.2) is 18.2 Å². The predicted octanol–water partition coefficient (Wildman–Crippen LogP) is 2.50. The van der Waals surface area contributed by atoms with Crippen LogP contribution in [0.25, 0.3) is 0 Å². The van der Waals surface area contributed by atoms with Crippen LogP contribution in [-0.2, 0) is 9.53 Å². The fraction of sp³-hybridized carbons (Fsp3) is 0.579. The van der Waals surface area contributed by atoms with E-state index in [1.165, 1.54) is 0 Å². The van der Waals surface area contributed by atoms with Crippen molar-refractivity contribution in [2.75, 3.05) is 33.4 Å². The van der Waals surface area contributed by atoms with Gasteiger partial charge in [-0.25, -0.2) is 0 Å². The van der Waals surface area contributed by atoms with Crippen molar-refractivity contribution < 1.29 is 19.1 Å². The van der Waals surface area contributed by atoms with Gasteiger partial charge in [0.05, 0.1) is 11.6 Å². The fourth-order valence-corrected chi connectivity index (χ4v) is 3.29. The second-order valence-corrected chi connectivity index (χ2v) is 7.22. The highest BCUT2D eigenvalue weighted by atomic mass is 35.5. The van der Waals surface area contributed by atoms with E-state index in [0.717, 1.165) is 38.8 Å². The lowest BCUT2D eigenvalue weighted by atomic mass is 10.1. The Bertz CT molecular complexity index is 655. The van der Waals surface area contributed by atoms with Crippen LogP contribution in [0.1, 0.15) is 36.0 Å². The summed E-state index contributed by atoms with van der Waals surface area (Å²) in [6.07, 6.45) is 3.71. The quantitative estimate of drug-likeness (QED) is 0.738. The zero-order valence-electron chi connectivity index (χ0n) is 15.0. The van der Waals surface area contributed by atoms with Crippen LogP contribution < -0.4 is 10.1 Å². The Morgan fingerprint density at radius 1 is 1.23 bits per heavy atom. The van der Waals surface area contributed by atoms with Gasteiger partial charge in [0.25, 0.3) is 5.91 Å².